The number of amides is 1. The molecule has 0 unspecified atom stereocenters. The topological polar surface area (TPSA) is 45.7 Å². The summed E-state index contributed by atoms with van der Waals surface area (Å²) in [7, 11) is 0. The molecule has 1 saturated heterocycles. The molecule has 5 nitrogen and oxygen atoms in total. The van der Waals surface area contributed by atoms with E-state index in [9.17, 15) is 4.79 Å². The summed E-state index contributed by atoms with van der Waals surface area (Å²) in [5, 5.41) is 1.03. The second kappa shape index (κ2) is 7.68. The second-order valence-corrected chi connectivity index (χ2v) is 7.49. The maximum Gasteiger partial charge on any atom is 0.228 e. The predicted molar refractivity (Wildman–Crippen MR) is 95.5 cm³/mol. The van der Waals surface area contributed by atoms with Gasteiger partial charge < -0.3 is 9.64 Å². The summed E-state index contributed by atoms with van der Waals surface area (Å²) in [5.74, 6) is 0.353. The second-order valence-electron chi connectivity index (χ2n) is 6.37. The molecule has 24 heavy (non-hydrogen) atoms. The Morgan fingerprint density at radius 2 is 2.00 bits per heavy atom. The van der Waals surface area contributed by atoms with Gasteiger partial charge in [0.15, 0.2) is 0 Å². The lowest BCUT2D eigenvalue weighted by Crippen LogP contribution is -2.40. The van der Waals surface area contributed by atoms with E-state index < -0.39 is 0 Å². The summed E-state index contributed by atoms with van der Waals surface area (Å²) >= 11 is 1.70. The van der Waals surface area contributed by atoms with Crippen molar-refractivity contribution in [3.05, 3.63) is 35.5 Å². The normalized spacial score (nSPS) is 24.0. The summed E-state index contributed by atoms with van der Waals surface area (Å²) in [4.78, 5) is 19.0. The predicted octanol–water partition coefficient (Wildman–Crippen LogP) is 2.61. The number of pyridine rings is 1. The molecule has 4 heterocycles. The Bertz CT molecular complexity index is 596. The molecular weight excluding hydrogens is 322 g/mol. The van der Waals surface area contributed by atoms with Crippen molar-refractivity contribution in [1.82, 2.24) is 14.2 Å². The number of rotatable bonds is 3. The molecule has 0 aliphatic carbocycles. The first-order valence-electron chi connectivity index (χ1n) is 8.20. The first kappa shape index (κ1) is 17.5. The maximum atomic E-state index is 12.6. The van der Waals surface area contributed by atoms with Gasteiger partial charge in [-0.2, -0.15) is 0 Å². The summed E-state index contributed by atoms with van der Waals surface area (Å²) in [6, 6.07) is 5.98. The zero-order valence-electron chi connectivity index (χ0n) is 13.1. The summed E-state index contributed by atoms with van der Waals surface area (Å²) in [6.45, 7) is 4.86. The third-order valence-corrected chi connectivity index (χ3v) is 5.62. The molecule has 0 N–H and O–H groups in total. The molecular formula is C18H25N3O2S. The van der Waals surface area contributed by atoms with Crippen LogP contribution < -0.4 is 0 Å². The van der Waals surface area contributed by atoms with Crippen molar-refractivity contribution in [2.24, 2.45) is 5.92 Å². The molecule has 0 radical (unpaired) electrons. The fraction of sp³-hybridized carbons (Fsp3) is 0.556. The molecule has 1 aromatic heterocycles. The van der Waals surface area contributed by atoms with Crippen LogP contribution in [0, 0.1) is 5.92 Å². The van der Waals surface area contributed by atoms with E-state index in [2.05, 4.69) is 9.29 Å². The van der Waals surface area contributed by atoms with Gasteiger partial charge in [0.25, 0.3) is 0 Å². The number of aromatic nitrogens is 1. The average molecular weight is 347 g/mol. The third kappa shape index (κ3) is 3.66. The van der Waals surface area contributed by atoms with Crippen molar-refractivity contribution >= 4 is 17.9 Å². The van der Waals surface area contributed by atoms with E-state index in [1.807, 2.05) is 29.3 Å². The Morgan fingerprint density at radius 1 is 1.21 bits per heavy atom. The molecule has 1 fully saturated rings. The largest absolute Gasteiger partial charge is 0.381 e. The van der Waals surface area contributed by atoms with Gasteiger partial charge in [-0.3, -0.25) is 4.79 Å². The molecule has 0 saturated carbocycles. The van der Waals surface area contributed by atoms with Crippen LogP contribution in [0.25, 0.3) is 0 Å². The van der Waals surface area contributed by atoms with Crippen LogP contribution in [0.1, 0.15) is 20.3 Å². The SMILES string of the molecule is C.O=C([C@H]1CCCOC1)N1CC2=C(CN(Sc3ccccn3)C2)C1. The first-order valence-corrected chi connectivity index (χ1v) is 8.97. The van der Waals surface area contributed by atoms with Crippen LogP contribution in [0.15, 0.2) is 40.6 Å². The number of hydrogen-bond acceptors (Lipinski definition) is 5. The lowest BCUT2D eigenvalue weighted by atomic mass is 10.0. The minimum Gasteiger partial charge on any atom is -0.381 e. The van der Waals surface area contributed by atoms with Crippen LogP contribution in [0.3, 0.4) is 0 Å². The van der Waals surface area contributed by atoms with Gasteiger partial charge in [-0.1, -0.05) is 13.5 Å². The van der Waals surface area contributed by atoms with Crippen molar-refractivity contribution in [3.63, 3.8) is 0 Å². The number of carbonyl (C=O) groups is 1. The highest BCUT2D eigenvalue weighted by Crippen LogP contribution is 2.33. The fourth-order valence-electron chi connectivity index (χ4n) is 3.49. The minimum absolute atomic E-state index is 0. The Balaban J connectivity index is 0.00000169. The van der Waals surface area contributed by atoms with Crippen molar-refractivity contribution in [1.29, 1.82) is 0 Å². The Kier molecular flexibility index (Phi) is 5.58. The number of nitrogens with zero attached hydrogens (tertiary/aromatic N) is 3. The van der Waals surface area contributed by atoms with Crippen molar-refractivity contribution in [3.8, 4) is 0 Å². The van der Waals surface area contributed by atoms with Crippen molar-refractivity contribution in [2.75, 3.05) is 39.4 Å². The van der Waals surface area contributed by atoms with Crippen LogP contribution in [-0.4, -0.2) is 59.5 Å². The van der Waals surface area contributed by atoms with E-state index in [0.717, 1.165) is 50.7 Å². The molecule has 6 heteroatoms. The van der Waals surface area contributed by atoms with E-state index in [1.165, 1.54) is 11.1 Å². The highest BCUT2D eigenvalue weighted by Gasteiger charge is 2.35. The first-order chi connectivity index (χ1) is 11.3. The standard InChI is InChI=1S/C17H21N3O2S.CH4/c21-17(13-4-3-7-22-12-13)19-8-14-10-20(11-15(14)9-19)23-16-5-1-2-6-18-16;/h1-2,5-6,13H,3-4,7-12H2;1H4/t13-;/m0./s1. The van der Waals surface area contributed by atoms with E-state index in [1.54, 1.807) is 11.9 Å². The van der Waals surface area contributed by atoms with Gasteiger partial charge in [-0.25, -0.2) is 9.29 Å². The lowest BCUT2D eigenvalue weighted by molar-refractivity contribution is -0.138. The maximum absolute atomic E-state index is 12.6. The summed E-state index contributed by atoms with van der Waals surface area (Å²) in [6.07, 6.45) is 3.81. The minimum atomic E-state index is 0. The molecule has 1 aromatic rings. The van der Waals surface area contributed by atoms with E-state index in [-0.39, 0.29) is 19.3 Å². The number of ether oxygens (including phenoxy) is 1. The van der Waals surface area contributed by atoms with Crippen molar-refractivity contribution < 1.29 is 9.53 Å². The molecule has 3 aliphatic rings. The van der Waals surface area contributed by atoms with E-state index in [4.69, 9.17) is 4.74 Å². The van der Waals surface area contributed by atoms with E-state index in [0.29, 0.717) is 6.61 Å². The lowest BCUT2D eigenvalue weighted by Gasteiger charge is -2.28. The zero-order valence-corrected chi connectivity index (χ0v) is 13.9. The molecule has 3 aliphatic heterocycles. The van der Waals surface area contributed by atoms with Gasteiger partial charge in [-0.15, -0.1) is 0 Å². The molecule has 1 atom stereocenters. The average Bonchev–Trinajstić information content (AvgIpc) is 3.14. The Labute approximate surface area is 148 Å². The van der Waals surface area contributed by atoms with Crippen LogP contribution in [0.5, 0.6) is 0 Å². The zero-order chi connectivity index (χ0) is 15.6. The molecule has 1 amide bonds. The summed E-state index contributed by atoms with van der Waals surface area (Å²) < 4.78 is 7.79. The van der Waals surface area contributed by atoms with Gasteiger partial charge >= 0.3 is 0 Å². The van der Waals surface area contributed by atoms with Gasteiger partial charge in [0.1, 0.15) is 5.03 Å². The quantitative estimate of drug-likeness (QED) is 0.621. The fourth-order valence-corrected chi connectivity index (χ4v) is 4.45. The molecule has 0 bridgehead atoms. The number of carbonyl (C=O) groups excluding carboxylic acids is 1. The van der Waals surface area contributed by atoms with Gasteiger partial charge in [0.2, 0.25) is 5.91 Å². The van der Waals surface area contributed by atoms with Gasteiger partial charge in [0.05, 0.1) is 12.5 Å². The smallest absolute Gasteiger partial charge is 0.228 e. The third-order valence-electron chi connectivity index (χ3n) is 4.68. The number of hydrogen-bond donors (Lipinski definition) is 0. The Hall–Kier alpha value is -1.37. The molecule has 0 aromatic carbocycles. The van der Waals surface area contributed by atoms with Crippen molar-refractivity contribution in [2.45, 2.75) is 25.3 Å². The Morgan fingerprint density at radius 3 is 2.62 bits per heavy atom. The highest BCUT2D eigenvalue weighted by molar-refractivity contribution is 7.97. The van der Waals surface area contributed by atoms with Gasteiger partial charge in [-0.05, 0) is 48.1 Å². The monoisotopic (exact) mass is 347 g/mol. The molecule has 130 valence electrons. The van der Waals surface area contributed by atoms with E-state index >= 15 is 0 Å². The molecule has 0 spiro atoms. The molecule has 4 rings (SSSR count). The van der Waals surface area contributed by atoms with Crippen LogP contribution in [-0.2, 0) is 9.53 Å². The highest BCUT2D eigenvalue weighted by atomic mass is 32.2. The van der Waals surface area contributed by atoms with Crippen LogP contribution in [0.2, 0.25) is 0 Å². The summed E-state index contributed by atoms with van der Waals surface area (Å²) in [5.41, 5.74) is 2.83. The van der Waals surface area contributed by atoms with Gasteiger partial charge in [0, 0.05) is 39.0 Å². The van der Waals surface area contributed by atoms with Crippen LogP contribution >= 0.6 is 11.9 Å². The van der Waals surface area contributed by atoms with Crippen LogP contribution in [0.4, 0.5) is 0 Å².